The number of aliphatic hydroxyl groups is 1. The zero-order valence-electron chi connectivity index (χ0n) is 4.93. The van der Waals surface area contributed by atoms with Crippen molar-refractivity contribution in [2.45, 2.75) is 37.8 Å². The predicted molar refractivity (Wildman–Crippen MR) is 31.4 cm³/mol. The van der Waals surface area contributed by atoms with Gasteiger partial charge in [0.15, 0.2) is 0 Å². The third kappa shape index (κ3) is 1.20. The number of hydrogen-bond acceptors (Lipinski definition) is 1. The Bertz CT molecular complexity index is 64.9. The molecule has 1 fully saturated rings. The summed E-state index contributed by atoms with van der Waals surface area (Å²) in [6.07, 6.45) is 3.64. The van der Waals surface area contributed by atoms with Crippen LogP contribution in [0.5, 0.6) is 0 Å². The largest absolute Gasteiger partial charge is 0.391 e. The van der Waals surface area contributed by atoms with Crippen LogP contribution in [-0.4, -0.2) is 17.3 Å². The summed E-state index contributed by atoms with van der Waals surface area (Å²) >= 11 is 0. The van der Waals surface area contributed by atoms with Gasteiger partial charge in [0.1, 0.15) is 0 Å². The summed E-state index contributed by atoms with van der Waals surface area (Å²) in [5.41, 5.74) is 7.23. The van der Waals surface area contributed by atoms with Crippen LogP contribution in [0.15, 0.2) is 0 Å². The molecule has 1 aliphatic carbocycles. The van der Waals surface area contributed by atoms with E-state index < -0.39 is 0 Å². The smallest absolute Gasteiger partial charge is 0.0706 e. The molecule has 0 heterocycles. The summed E-state index contributed by atoms with van der Waals surface area (Å²) in [5, 5.41) is 8.99. The molecule has 0 amide bonds. The van der Waals surface area contributed by atoms with E-state index in [1.54, 1.807) is 0 Å². The minimum atomic E-state index is -0.330. The first-order valence-electron chi connectivity index (χ1n) is 3.20. The van der Waals surface area contributed by atoms with E-state index in [9.17, 15) is 0 Å². The van der Waals surface area contributed by atoms with Gasteiger partial charge < -0.3 is 5.11 Å². The first-order valence-corrected chi connectivity index (χ1v) is 3.20. The number of rotatable bonds is 0. The second kappa shape index (κ2) is 2.46. The maximum Gasteiger partial charge on any atom is 0.0706 e. The van der Waals surface area contributed by atoms with Gasteiger partial charge in [-0.3, -0.25) is 5.73 Å². The maximum absolute atomic E-state index is 8.99. The van der Waals surface area contributed by atoms with Gasteiger partial charge in [0, 0.05) is 6.04 Å². The molecular weight excluding hydrogens is 102 g/mol. The highest BCUT2D eigenvalue weighted by molar-refractivity contribution is 4.75. The van der Waals surface area contributed by atoms with Crippen LogP contribution in [0.4, 0.5) is 0 Å². The zero-order chi connectivity index (χ0) is 5.98. The number of aliphatic hydroxyl groups excluding tert-OH is 1. The quantitative estimate of drug-likeness (QED) is 0.491. The van der Waals surface area contributed by atoms with Crippen LogP contribution in [0, 0.1) is 0 Å². The molecule has 2 unspecified atom stereocenters. The van der Waals surface area contributed by atoms with E-state index in [-0.39, 0.29) is 12.1 Å². The Morgan fingerprint density at radius 3 is 2.25 bits per heavy atom. The van der Waals surface area contributed by atoms with Crippen molar-refractivity contribution >= 4 is 0 Å². The van der Waals surface area contributed by atoms with Gasteiger partial charge in [0.05, 0.1) is 6.10 Å². The molecule has 1 radical (unpaired) electrons. The highest BCUT2D eigenvalue weighted by Crippen LogP contribution is 2.16. The second-order valence-corrected chi connectivity index (χ2v) is 2.46. The molecule has 2 atom stereocenters. The zero-order valence-corrected chi connectivity index (χ0v) is 4.93. The van der Waals surface area contributed by atoms with Crippen LogP contribution in [0.25, 0.3) is 0 Å². The van der Waals surface area contributed by atoms with Crippen molar-refractivity contribution in [3.63, 3.8) is 0 Å². The van der Waals surface area contributed by atoms with Crippen LogP contribution in [-0.2, 0) is 0 Å². The standard InChI is InChI=1S/C6H12NO/c7-5-3-1-2-4-6(5)8/h5-8H,1-4H2. The second-order valence-electron chi connectivity index (χ2n) is 2.46. The fourth-order valence-corrected chi connectivity index (χ4v) is 1.11. The van der Waals surface area contributed by atoms with E-state index in [0.717, 1.165) is 25.7 Å². The molecule has 0 saturated heterocycles. The van der Waals surface area contributed by atoms with Gasteiger partial charge in [-0.15, -0.1) is 0 Å². The number of hydrogen-bond donors (Lipinski definition) is 1. The summed E-state index contributed by atoms with van der Waals surface area (Å²) in [7, 11) is 0. The van der Waals surface area contributed by atoms with Gasteiger partial charge in [0.25, 0.3) is 0 Å². The highest BCUT2D eigenvalue weighted by Gasteiger charge is 2.18. The first kappa shape index (κ1) is 6.05. The Morgan fingerprint density at radius 1 is 1.25 bits per heavy atom. The Kier molecular flexibility index (Phi) is 1.86. The molecule has 2 heteroatoms. The van der Waals surface area contributed by atoms with Crippen LogP contribution in [0.2, 0.25) is 0 Å². The number of nitrogens with one attached hydrogen (secondary N) is 1. The van der Waals surface area contributed by atoms with Crippen molar-refractivity contribution in [3.05, 3.63) is 0 Å². The van der Waals surface area contributed by atoms with Crippen LogP contribution < -0.4 is 5.73 Å². The molecule has 47 valence electrons. The minimum absolute atomic E-state index is 0.191. The fraction of sp³-hybridized carbons (Fsp3) is 1.00. The summed E-state index contributed by atoms with van der Waals surface area (Å²) in [5.74, 6) is 0. The third-order valence-electron chi connectivity index (χ3n) is 1.73. The highest BCUT2D eigenvalue weighted by atomic mass is 16.3. The summed E-state index contributed by atoms with van der Waals surface area (Å²) in [4.78, 5) is 0. The van der Waals surface area contributed by atoms with Crippen molar-refractivity contribution in [3.8, 4) is 0 Å². The molecule has 1 aliphatic rings. The molecular formula is C6H12NO. The van der Waals surface area contributed by atoms with E-state index in [1.165, 1.54) is 0 Å². The van der Waals surface area contributed by atoms with E-state index in [4.69, 9.17) is 10.8 Å². The lowest BCUT2D eigenvalue weighted by Crippen LogP contribution is -2.30. The molecule has 2 nitrogen and oxygen atoms in total. The molecule has 0 aromatic rings. The van der Waals surface area contributed by atoms with Crippen LogP contribution in [0.1, 0.15) is 25.7 Å². The van der Waals surface area contributed by atoms with Crippen molar-refractivity contribution in [1.29, 1.82) is 0 Å². The average molecular weight is 114 g/mol. The maximum atomic E-state index is 8.99. The molecule has 1 rings (SSSR count). The lowest BCUT2D eigenvalue weighted by molar-refractivity contribution is 0.105. The van der Waals surface area contributed by atoms with E-state index in [0.29, 0.717) is 0 Å². The van der Waals surface area contributed by atoms with Crippen molar-refractivity contribution in [2.75, 3.05) is 0 Å². The van der Waals surface area contributed by atoms with Gasteiger partial charge >= 0.3 is 0 Å². The summed E-state index contributed by atoms with van der Waals surface area (Å²) in [6.45, 7) is 0. The Balaban J connectivity index is 2.28. The monoisotopic (exact) mass is 114 g/mol. The third-order valence-corrected chi connectivity index (χ3v) is 1.73. The lowest BCUT2D eigenvalue weighted by atomic mass is 9.94. The first-order chi connectivity index (χ1) is 3.80. The summed E-state index contributed by atoms with van der Waals surface area (Å²) in [6, 6.07) is -0.191. The predicted octanol–water partition coefficient (Wildman–Crippen LogP) is 0.573. The summed E-state index contributed by atoms with van der Waals surface area (Å²) < 4.78 is 0. The van der Waals surface area contributed by atoms with E-state index in [2.05, 4.69) is 0 Å². The molecule has 2 N–H and O–H groups in total. The fourth-order valence-electron chi connectivity index (χ4n) is 1.11. The molecule has 0 bridgehead atoms. The molecule has 0 aromatic heterocycles. The van der Waals surface area contributed by atoms with Crippen molar-refractivity contribution in [1.82, 2.24) is 5.73 Å². The molecule has 1 saturated carbocycles. The lowest BCUT2D eigenvalue weighted by Gasteiger charge is -2.22. The van der Waals surface area contributed by atoms with Crippen molar-refractivity contribution < 1.29 is 5.11 Å². The Morgan fingerprint density at radius 2 is 1.88 bits per heavy atom. The van der Waals surface area contributed by atoms with Gasteiger partial charge in [-0.1, -0.05) is 12.8 Å². The van der Waals surface area contributed by atoms with Crippen LogP contribution in [0.3, 0.4) is 0 Å². The normalized spacial score (nSPS) is 39.8. The Labute approximate surface area is 49.7 Å². The molecule has 0 spiro atoms. The molecule has 0 aromatic carbocycles. The average Bonchev–Trinajstić information content (AvgIpc) is 1.77. The topological polar surface area (TPSA) is 44.0 Å². The SMILES string of the molecule is [NH]C1CCCCC1O. The molecule has 8 heavy (non-hydrogen) atoms. The minimum Gasteiger partial charge on any atom is -0.391 e. The van der Waals surface area contributed by atoms with Gasteiger partial charge in [0.2, 0.25) is 0 Å². The Hall–Kier alpha value is -0.0800. The van der Waals surface area contributed by atoms with E-state index in [1.807, 2.05) is 0 Å². The van der Waals surface area contributed by atoms with Gasteiger partial charge in [-0.25, -0.2) is 0 Å². The molecule has 0 aliphatic heterocycles. The van der Waals surface area contributed by atoms with E-state index >= 15 is 0 Å². The van der Waals surface area contributed by atoms with Crippen molar-refractivity contribution in [2.24, 2.45) is 0 Å². The van der Waals surface area contributed by atoms with Gasteiger partial charge in [-0.2, -0.15) is 0 Å². The van der Waals surface area contributed by atoms with Crippen LogP contribution >= 0.6 is 0 Å². The van der Waals surface area contributed by atoms with Gasteiger partial charge in [-0.05, 0) is 12.8 Å².